The molecule has 36 heavy (non-hydrogen) atoms. The van der Waals surface area contributed by atoms with Gasteiger partial charge < -0.3 is 20.3 Å². The highest BCUT2D eigenvalue weighted by Gasteiger charge is 2.61. The van der Waals surface area contributed by atoms with E-state index < -0.39 is 22.9 Å². The number of aromatic nitrogens is 2. The van der Waals surface area contributed by atoms with Crippen LogP contribution in [0.25, 0.3) is 0 Å². The smallest absolute Gasteiger partial charge is 0.375 e. The van der Waals surface area contributed by atoms with Crippen molar-refractivity contribution in [3.63, 3.8) is 0 Å². The monoisotopic (exact) mass is 589 g/mol. The van der Waals surface area contributed by atoms with Gasteiger partial charge in [0.25, 0.3) is 5.91 Å². The van der Waals surface area contributed by atoms with Crippen molar-refractivity contribution >= 4 is 59.6 Å². The Kier molecular flexibility index (Phi) is 9.92. The van der Waals surface area contributed by atoms with Crippen LogP contribution in [0.3, 0.4) is 0 Å². The average Bonchev–Trinajstić information content (AvgIpc) is 3.42. The fraction of sp³-hybridized carbons (Fsp3) is 0.591. The summed E-state index contributed by atoms with van der Waals surface area (Å²) >= 11 is 1.45. The highest BCUT2D eigenvalue weighted by molar-refractivity contribution is 7.13. The summed E-state index contributed by atoms with van der Waals surface area (Å²) in [5.41, 5.74) is 5.19. The topological polar surface area (TPSA) is 84.6 Å². The molecule has 2 saturated heterocycles. The van der Waals surface area contributed by atoms with E-state index in [4.69, 9.17) is 10.5 Å². The first-order valence-electron chi connectivity index (χ1n) is 11.1. The first kappa shape index (κ1) is 30.9. The number of thiazole rings is 1. The zero-order valence-electron chi connectivity index (χ0n) is 19.3. The van der Waals surface area contributed by atoms with Crippen molar-refractivity contribution in [2.75, 3.05) is 31.9 Å². The Morgan fingerprint density at radius 2 is 1.78 bits per heavy atom. The van der Waals surface area contributed by atoms with Gasteiger partial charge in [0.2, 0.25) is 0 Å². The molecule has 3 aliphatic rings. The number of rotatable bonds is 5. The van der Waals surface area contributed by atoms with E-state index >= 15 is 0 Å². The highest BCUT2D eigenvalue weighted by Crippen LogP contribution is 2.50. The molecule has 2 aromatic rings. The van der Waals surface area contributed by atoms with Gasteiger partial charge in [-0.1, -0.05) is 0 Å². The summed E-state index contributed by atoms with van der Waals surface area (Å²) in [6.07, 6.45) is 0.241. The van der Waals surface area contributed by atoms with E-state index in [0.29, 0.717) is 30.2 Å². The molecule has 202 valence electrons. The Morgan fingerprint density at radius 3 is 2.31 bits per heavy atom. The predicted molar refractivity (Wildman–Crippen MR) is 138 cm³/mol. The van der Waals surface area contributed by atoms with Crippen molar-refractivity contribution < 1.29 is 22.7 Å². The molecule has 14 heteroatoms. The molecule has 2 spiro atoms. The van der Waals surface area contributed by atoms with Gasteiger partial charge in [-0.05, 0) is 37.8 Å². The number of likely N-dealkylation sites (tertiary alicyclic amines) is 1. The molecule has 0 radical (unpaired) electrons. The van der Waals surface area contributed by atoms with Crippen LogP contribution < -0.4 is 5.73 Å². The van der Waals surface area contributed by atoms with Gasteiger partial charge in [0.05, 0.1) is 35.6 Å². The fourth-order valence-corrected chi connectivity index (χ4v) is 5.39. The van der Waals surface area contributed by atoms with Crippen molar-refractivity contribution in [2.45, 2.75) is 56.0 Å². The Bertz CT molecular complexity index is 1030. The molecule has 0 bridgehead atoms. The zero-order valence-corrected chi connectivity index (χ0v) is 22.6. The normalized spacial score (nSPS) is 20.4. The molecule has 2 N–H and O–H groups in total. The summed E-state index contributed by atoms with van der Waals surface area (Å²) in [5, 5.41) is 2.57. The molecule has 1 aliphatic carbocycles. The Labute approximate surface area is 230 Å². The average molecular weight is 591 g/mol. The minimum Gasteiger partial charge on any atom is -0.375 e. The first-order chi connectivity index (χ1) is 15.7. The van der Waals surface area contributed by atoms with Gasteiger partial charge in [-0.2, -0.15) is 13.2 Å². The zero-order chi connectivity index (χ0) is 23.3. The molecule has 3 fully saturated rings. The number of halogens is 6. The predicted octanol–water partition coefficient (Wildman–Crippen LogP) is 4.37. The quantitative estimate of drug-likeness (QED) is 0.557. The summed E-state index contributed by atoms with van der Waals surface area (Å²) in [4.78, 5) is 25.5. The molecule has 0 atom stereocenters. The SMILES string of the molecule is Cl.Cl.Cl.Nc1nc(CCN2CCC3(CC2)CN(Cc2ccc(C(F)(F)F)cn2)C(=O)C2(CC2)O3)cs1. The number of hydrogen-bond acceptors (Lipinski definition) is 7. The molecule has 0 unspecified atom stereocenters. The number of pyridine rings is 1. The second kappa shape index (κ2) is 11.6. The van der Waals surface area contributed by atoms with Crippen LogP contribution in [0, 0.1) is 0 Å². The minimum atomic E-state index is -4.43. The van der Waals surface area contributed by atoms with Gasteiger partial charge in [0, 0.05) is 37.6 Å². The van der Waals surface area contributed by atoms with Crippen molar-refractivity contribution in [3.05, 3.63) is 40.7 Å². The first-order valence-corrected chi connectivity index (χ1v) is 12.0. The molecular weight excluding hydrogens is 562 g/mol. The third-order valence-corrected chi connectivity index (χ3v) is 7.52. The van der Waals surface area contributed by atoms with E-state index in [9.17, 15) is 18.0 Å². The van der Waals surface area contributed by atoms with Gasteiger partial charge in [0.15, 0.2) is 5.13 Å². The highest BCUT2D eigenvalue weighted by atomic mass is 35.5. The van der Waals surface area contributed by atoms with Crippen LogP contribution >= 0.6 is 48.6 Å². The van der Waals surface area contributed by atoms with Gasteiger partial charge in [-0.15, -0.1) is 48.6 Å². The fourth-order valence-electron chi connectivity index (χ4n) is 4.79. The van der Waals surface area contributed by atoms with Crippen LogP contribution in [-0.2, 0) is 28.7 Å². The van der Waals surface area contributed by atoms with Gasteiger partial charge >= 0.3 is 6.18 Å². The number of amides is 1. The van der Waals surface area contributed by atoms with Gasteiger partial charge in [-0.3, -0.25) is 9.78 Å². The minimum absolute atomic E-state index is 0. The number of carbonyl (C=O) groups is 1. The molecular formula is C22H29Cl3F3N5O2S. The Balaban J connectivity index is 0.00000152. The Morgan fingerprint density at radius 1 is 1.08 bits per heavy atom. The second-order valence-electron chi connectivity index (χ2n) is 9.25. The maximum atomic E-state index is 13.1. The van der Waals surface area contributed by atoms with E-state index in [1.165, 1.54) is 17.4 Å². The molecule has 7 nitrogen and oxygen atoms in total. The standard InChI is InChI=1S/C22H26F3N5O2S.3ClH/c23-22(24,25)15-1-2-16(27-11-15)12-30-14-20(32-21(4-5-21)18(30)31)6-9-29(10-7-20)8-3-17-13-33-19(26)28-17;;;/h1-2,11,13H,3-10,12,14H2,(H2,26,28);3*1H. The number of nitrogen functional groups attached to an aromatic ring is 1. The summed E-state index contributed by atoms with van der Waals surface area (Å²) in [7, 11) is 0. The molecule has 4 heterocycles. The molecule has 2 aliphatic heterocycles. The number of alkyl halides is 3. The number of nitrogens with zero attached hydrogens (tertiary/aromatic N) is 4. The number of ether oxygens (including phenoxy) is 1. The number of nitrogens with two attached hydrogens (primary N) is 1. The van der Waals surface area contributed by atoms with Crippen LogP contribution in [0.5, 0.6) is 0 Å². The number of piperidine rings is 1. The summed E-state index contributed by atoms with van der Waals surface area (Å²) in [5.74, 6) is -0.0710. The van der Waals surface area contributed by atoms with Crippen molar-refractivity contribution in [1.29, 1.82) is 0 Å². The molecule has 5 rings (SSSR count). The van der Waals surface area contributed by atoms with E-state index in [1.54, 1.807) is 4.90 Å². The van der Waals surface area contributed by atoms with Crippen LogP contribution in [-0.4, -0.2) is 63.1 Å². The van der Waals surface area contributed by atoms with Crippen molar-refractivity contribution in [1.82, 2.24) is 19.8 Å². The van der Waals surface area contributed by atoms with E-state index in [2.05, 4.69) is 14.9 Å². The molecule has 0 aromatic carbocycles. The summed E-state index contributed by atoms with van der Waals surface area (Å²) in [6, 6.07) is 2.37. The lowest BCUT2D eigenvalue weighted by atomic mass is 9.87. The van der Waals surface area contributed by atoms with Crippen LogP contribution in [0.15, 0.2) is 23.7 Å². The van der Waals surface area contributed by atoms with Crippen LogP contribution in [0.1, 0.15) is 42.6 Å². The molecule has 1 amide bonds. The number of hydrogen-bond donors (Lipinski definition) is 1. The maximum Gasteiger partial charge on any atom is 0.417 e. The lowest BCUT2D eigenvalue weighted by Crippen LogP contribution is -2.62. The largest absolute Gasteiger partial charge is 0.417 e. The van der Waals surface area contributed by atoms with E-state index in [-0.39, 0.29) is 49.7 Å². The number of carbonyl (C=O) groups excluding carboxylic acids is 1. The van der Waals surface area contributed by atoms with E-state index in [1.807, 2.05) is 5.38 Å². The summed E-state index contributed by atoms with van der Waals surface area (Å²) < 4.78 is 45.0. The summed E-state index contributed by atoms with van der Waals surface area (Å²) in [6.45, 7) is 3.24. The van der Waals surface area contributed by atoms with Gasteiger partial charge in [0.1, 0.15) is 5.60 Å². The van der Waals surface area contributed by atoms with Crippen molar-refractivity contribution in [2.24, 2.45) is 0 Å². The Hall–Kier alpha value is -1.37. The molecule has 1 saturated carbocycles. The van der Waals surface area contributed by atoms with Crippen molar-refractivity contribution in [3.8, 4) is 0 Å². The van der Waals surface area contributed by atoms with Crippen LogP contribution in [0.2, 0.25) is 0 Å². The third kappa shape index (κ3) is 6.54. The lowest BCUT2D eigenvalue weighted by Gasteiger charge is -2.50. The van der Waals surface area contributed by atoms with Gasteiger partial charge in [-0.25, -0.2) is 4.98 Å². The lowest BCUT2D eigenvalue weighted by molar-refractivity contribution is -0.201. The molecule has 2 aromatic heterocycles. The maximum absolute atomic E-state index is 13.1. The number of anilines is 1. The number of morpholine rings is 1. The van der Waals surface area contributed by atoms with Crippen LogP contribution in [0.4, 0.5) is 18.3 Å². The van der Waals surface area contributed by atoms with E-state index in [0.717, 1.165) is 56.9 Å². The third-order valence-electron chi connectivity index (χ3n) is 6.80. The second-order valence-corrected chi connectivity index (χ2v) is 10.1.